The van der Waals surface area contributed by atoms with Crippen molar-refractivity contribution in [3.63, 3.8) is 0 Å². The summed E-state index contributed by atoms with van der Waals surface area (Å²) < 4.78 is 0. The first kappa shape index (κ1) is 19.6. The maximum Gasteiger partial charge on any atom is 0.227 e. The van der Waals surface area contributed by atoms with Gasteiger partial charge >= 0.3 is 0 Å². The number of carbonyl (C=O) groups is 3. The number of Topliss-reactive ketones (excluding diaryl/α,β-unsaturated/α-hetero) is 1. The van der Waals surface area contributed by atoms with Crippen molar-refractivity contribution in [2.24, 2.45) is 11.8 Å². The van der Waals surface area contributed by atoms with Crippen LogP contribution in [0.3, 0.4) is 0 Å². The Labute approximate surface area is 161 Å². The van der Waals surface area contributed by atoms with E-state index in [1.807, 2.05) is 0 Å². The molecule has 0 unspecified atom stereocenters. The molecule has 0 aliphatic heterocycles. The molecule has 0 heterocycles. The number of hydrogen-bond donors (Lipinski definition) is 2. The molecule has 0 spiro atoms. The Hall–Kier alpha value is -2.17. The first-order valence-corrected chi connectivity index (χ1v) is 10.2. The van der Waals surface area contributed by atoms with Crippen LogP contribution in [0.25, 0.3) is 0 Å². The second kappa shape index (κ2) is 9.16. The molecular formula is C22H30N2O3. The van der Waals surface area contributed by atoms with E-state index >= 15 is 0 Å². The molecule has 1 aromatic rings. The van der Waals surface area contributed by atoms with Crippen LogP contribution in [0.4, 0.5) is 5.69 Å². The van der Waals surface area contributed by atoms with E-state index in [4.69, 9.17) is 0 Å². The van der Waals surface area contributed by atoms with Crippen molar-refractivity contribution in [1.82, 2.24) is 5.32 Å². The third-order valence-electron chi connectivity index (χ3n) is 5.98. The molecule has 5 heteroatoms. The zero-order valence-corrected chi connectivity index (χ0v) is 16.1. The molecule has 0 aromatic heterocycles. The molecule has 0 bridgehead atoms. The zero-order valence-electron chi connectivity index (χ0n) is 16.1. The Morgan fingerprint density at radius 3 is 1.89 bits per heavy atom. The molecule has 5 nitrogen and oxygen atoms in total. The van der Waals surface area contributed by atoms with E-state index in [1.165, 1.54) is 26.2 Å². The molecule has 146 valence electrons. The predicted octanol–water partition coefficient (Wildman–Crippen LogP) is 4.08. The van der Waals surface area contributed by atoms with Crippen LogP contribution in [-0.2, 0) is 9.59 Å². The lowest BCUT2D eigenvalue weighted by molar-refractivity contribution is -0.129. The van der Waals surface area contributed by atoms with Gasteiger partial charge in [-0.1, -0.05) is 19.3 Å². The molecule has 2 N–H and O–H groups in total. The van der Waals surface area contributed by atoms with Gasteiger partial charge in [-0.3, -0.25) is 14.4 Å². The molecular weight excluding hydrogens is 340 g/mol. The van der Waals surface area contributed by atoms with E-state index in [2.05, 4.69) is 10.6 Å². The van der Waals surface area contributed by atoms with Gasteiger partial charge in [-0.2, -0.15) is 0 Å². The van der Waals surface area contributed by atoms with Crippen LogP contribution in [0.2, 0.25) is 0 Å². The van der Waals surface area contributed by atoms with E-state index in [1.54, 1.807) is 24.3 Å². The second-order valence-electron chi connectivity index (χ2n) is 8.01. The lowest BCUT2D eigenvalue weighted by Crippen LogP contribution is -2.41. The van der Waals surface area contributed by atoms with Crippen LogP contribution in [0.15, 0.2) is 24.3 Å². The zero-order chi connectivity index (χ0) is 19.2. The molecule has 2 aliphatic rings. The van der Waals surface area contributed by atoms with E-state index in [-0.39, 0.29) is 29.4 Å². The van der Waals surface area contributed by atoms with Gasteiger partial charge in [-0.15, -0.1) is 0 Å². The maximum absolute atomic E-state index is 12.5. The minimum atomic E-state index is -0.0452. The number of amides is 2. The molecule has 2 aliphatic carbocycles. The summed E-state index contributed by atoms with van der Waals surface area (Å²) >= 11 is 0. The highest BCUT2D eigenvalue weighted by molar-refractivity contribution is 5.96. The lowest BCUT2D eigenvalue weighted by atomic mass is 9.80. The Bertz CT molecular complexity index is 669. The van der Waals surface area contributed by atoms with E-state index in [9.17, 15) is 14.4 Å². The van der Waals surface area contributed by atoms with Gasteiger partial charge in [0.15, 0.2) is 5.78 Å². The van der Waals surface area contributed by atoms with Crippen molar-refractivity contribution in [3.8, 4) is 0 Å². The van der Waals surface area contributed by atoms with Crippen LogP contribution in [0.1, 0.15) is 75.1 Å². The molecule has 27 heavy (non-hydrogen) atoms. The van der Waals surface area contributed by atoms with Gasteiger partial charge in [-0.05, 0) is 69.7 Å². The molecule has 2 saturated carbocycles. The highest BCUT2D eigenvalue weighted by Crippen LogP contribution is 2.30. The molecule has 1 aromatic carbocycles. The normalized spacial score (nSPS) is 23.4. The molecule has 0 saturated heterocycles. The maximum atomic E-state index is 12.5. The van der Waals surface area contributed by atoms with Gasteiger partial charge in [0, 0.05) is 29.1 Å². The van der Waals surface area contributed by atoms with Crippen molar-refractivity contribution in [1.29, 1.82) is 0 Å². The Morgan fingerprint density at radius 1 is 0.778 bits per heavy atom. The second-order valence-corrected chi connectivity index (χ2v) is 8.01. The Kier molecular flexibility index (Phi) is 6.64. The fourth-order valence-electron chi connectivity index (χ4n) is 4.22. The number of anilines is 1. The van der Waals surface area contributed by atoms with E-state index in [0.29, 0.717) is 17.3 Å². The molecule has 3 rings (SSSR count). The summed E-state index contributed by atoms with van der Waals surface area (Å²) in [5.41, 5.74) is 1.35. The van der Waals surface area contributed by atoms with Crippen molar-refractivity contribution in [2.75, 3.05) is 5.32 Å². The molecule has 0 atom stereocenters. The lowest BCUT2D eigenvalue weighted by Gasteiger charge is -2.29. The number of benzene rings is 1. The minimum Gasteiger partial charge on any atom is -0.353 e. The third-order valence-corrected chi connectivity index (χ3v) is 5.98. The van der Waals surface area contributed by atoms with Gasteiger partial charge in [0.05, 0.1) is 0 Å². The summed E-state index contributed by atoms with van der Waals surface area (Å²) in [4.78, 5) is 36.3. The first-order valence-electron chi connectivity index (χ1n) is 10.2. The Balaban J connectivity index is 1.44. The summed E-state index contributed by atoms with van der Waals surface area (Å²) in [7, 11) is 0. The van der Waals surface area contributed by atoms with Gasteiger partial charge in [-0.25, -0.2) is 0 Å². The number of ketones is 1. The smallest absolute Gasteiger partial charge is 0.227 e. The summed E-state index contributed by atoms with van der Waals surface area (Å²) in [5, 5.41) is 6.16. The minimum absolute atomic E-state index is 0.0108. The van der Waals surface area contributed by atoms with Crippen LogP contribution < -0.4 is 10.6 Å². The van der Waals surface area contributed by atoms with Crippen molar-refractivity contribution >= 4 is 23.3 Å². The summed E-state index contributed by atoms with van der Waals surface area (Å²) in [6.45, 7) is 1.52. The van der Waals surface area contributed by atoms with Gasteiger partial charge < -0.3 is 10.6 Å². The number of hydrogen-bond acceptors (Lipinski definition) is 3. The highest BCUT2D eigenvalue weighted by atomic mass is 16.2. The standard InChI is InChI=1S/C22H30N2O3/c1-15(25)16-11-13-20(14-12-16)24-22(27)18-9-7-17(8-10-18)21(26)23-19-5-3-2-4-6-19/h11-14,17-19H,2-10H2,1H3,(H,23,26)(H,24,27). The molecule has 2 amide bonds. The average Bonchev–Trinajstić information content (AvgIpc) is 2.69. The van der Waals surface area contributed by atoms with Crippen LogP contribution >= 0.6 is 0 Å². The fourth-order valence-corrected chi connectivity index (χ4v) is 4.22. The first-order chi connectivity index (χ1) is 13.0. The topological polar surface area (TPSA) is 75.3 Å². The Morgan fingerprint density at radius 2 is 1.33 bits per heavy atom. The number of rotatable bonds is 5. The van der Waals surface area contributed by atoms with Crippen molar-refractivity contribution in [3.05, 3.63) is 29.8 Å². The number of nitrogens with one attached hydrogen (secondary N) is 2. The molecule has 2 fully saturated rings. The fraction of sp³-hybridized carbons (Fsp3) is 0.591. The summed E-state index contributed by atoms with van der Waals surface area (Å²) in [5.74, 6) is 0.206. The number of carbonyl (C=O) groups excluding carboxylic acids is 3. The van der Waals surface area contributed by atoms with Crippen LogP contribution in [-0.4, -0.2) is 23.6 Å². The van der Waals surface area contributed by atoms with E-state index < -0.39 is 0 Å². The summed E-state index contributed by atoms with van der Waals surface area (Å²) in [6, 6.07) is 7.33. The van der Waals surface area contributed by atoms with Crippen molar-refractivity contribution in [2.45, 2.75) is 70.8 Å². The largest absolute Gasteiger partial charge is 0.353 e. The van der Waals surface area contributed by atoms with Crippen molar-refractivity contribution < 1.29 is 14.4 Å². The average molecular weight is 370 g/mol. The highest BCUT2D eigenvalue weighted by Gasteiger charge is 2.31. The summed E-state index contributed by atoms with van der Waals surface area (Å²) in [6.07, 6.45) is 8.97. The quantitative estimate of drug-likeness (QED) is 0.767. The van der Waals surface area contributed by atoms with Crippen LogP contribution in [0, 0.1) is 11.8 Å². The SMILES string of the molecule is CC(=O)c1ccc(NC(=O)C2CCC(C(=O)NC3CCCCC3)CC2)cc1. The predicted molar refractivity (Wildman–Crippen MR) is 106 cm³/mol. The molecule has 0 radical (unpaired) electrons. The van der Waals surface area contributed by atoms with Gasteiger partial charge in [0.25, 0.3) is 0 Å². The van der Waals surface area contributed by atoms with Crippen LogP contribution in [0.5, 0.6) is 0 Å². The monoisotopic (exact) mass is 370 g/mol. The third kappa shape index (κ3) is 5.41. The van der Waals surface area contributed by atoms with Gasteiger partial charge in [0.2, 0.25) is 11.8 Å². The van der Waals surface area contributed by atoms with Gasteiger partial charge in [0.1, 0.15) is 0 Å². The van der Waals surface area contributed by atoms with E-state index in [0.717, 1.165) is 38.5 Å².